The fourth-order valence-corrected chi connectivity index (χ4v) is 4.77. The summed E-state index contributed by atoms with van der Waals surface area (Å²) in [4.78, 5) is 13.5. The lowest BCUT2D eigenvalue weighted by Gasteiger charge is -2.19. The topological polar surface area (TPSA) is 56.8 Å². The van der Waals surface area contributed by atoms with Crippen LogP contribution in [0.25, 0.3) is 27.3 Å². The van der Waals surface area contributed by atoms with Crippen LogP contribution in [-0.2, 0) is 13.0 Å². The second-order valence-electron chi connectivity index (χ2n) is 6.49. The third-order valence-corrected chi connectivity index (χ3v) is 5.96. The van der Waals surface area contributed by atoms with Gasteiger partial charge >= 0.3 is 0 Å². The summed E-state index contributed by atoms with van der Waals surface area (Å²) in [6, 6.07) is 7.83. The fraction of sp³-hybridized carbons (Fsp3) is 0.278. The number of ether oxygens (including phenoxy) is 1. The number of likely N-dealkylation sites (N-methyl/N-ethyl adjacent to an activating group) is 1. The van der Waals surface area contributed by atoms with E-state index < -0.39 is 0 Å². The van der Waals surface area contributed by atoms with E-state index in [-0.39, 0.29) is 0 Å². The Morgan fingerprint density at radius 1 is 1.24 bits per heavy atom. The maximum Gasteiger partial charge on any atom is 0.182 e. The van der Waals surface area contributed by atoms with Crippen molar-refractivity contribution in [2.24, 2.45) is 0 Å². The number of benzene rings is 1. The Hall–Kier alpha value is -2.51. The molecule has 1 N–H and O–H groups in total. The van der Waals surface area contributed by atoms with Crippen LogP contribution in [0.4, 0.5) is 0 Å². The lowest BCUT2D eigenvalue weighted by Crippen LogP contribution is -3.08. The Bertz CT molecular complexity index is 1080. The molecule has 1 unspecified atom stereocenters. The van der Waals surface area contributed by atoms with Crippen molar-refractivity contribution in [3.05, 3.63) is 41.0 Å². The summed E-state index contributed by atoms with van der Waals surface area (Å²) in [5.74, 6) is 1.55. The molecule has 126 valence electrons. The summed E-state index contributed by atoms with van der Waals surface area (Å²) in [7, 11) is 3.91. The summed E-state index contributed by atoms with van der Waals surface area (Å²) in [6.45, 7) is 2.22. The Labute approximate surface area is 148 Å². The van der Waals surface area contributed by atoms with Crippen molar-refractivity contribution in [1.82, 2.24) is 19.6 Å². The molecule has 6 nitrogen and oxygen atoms in total. The molecular formula is C18H18N5OS+. The zero-order valence-corrected chi connectivity index (χ0v) is 14.9. The van der Waals surface area contributed by atoms with Crippen LogP contribution >= 0.6 is 11.3 Å². The van der Waals surface area contributed by atoms with Crippen molar-refractivity contribution >= 4 is 27.2 Å². The van der Waals surface area contributed by atoms with Crippen LogP contribution in [-0.4, -0.2) is 40.3 Å². The molecule has 1 aromatic carbocycles. The highest BCUT2D eigenvalue weighted by Crippen LogP contribution is 2.34. The van der Waals surface area contributed by atoms with E-state index in [1.807, 2.05) is 24.3 Å². The highest BCUT2D eigenvalue weighted by Gasteiger charge is 2.24. The number of methoxy groups -OCH3 is 1. The number of hydrogen-bond donors (Lipinski definition) is 1. The van der Waals surface area contributed by atoms with Crippen LogP contribution in [0, 0.1) is 0 Å². The first-order valence-corrected chi connectivity index (χ1v) is 9.16. The van der Waals surface area contributed by atoms with E-state index in [4.69, 9.17) is 9.72 Å². The second kappa shape index (κ2) is 5.50. The standard InChI is InChI=1S/C18H17N5OS/c1-22-8-7-13-14(9-22)25-18-15(13)17-20-16(21-23(17)10-19-18)11-3-5-12(24-2)6-4-11/h3-6,10H,7-9H2,1-2H3/p+1. The van der Waals surface area contributed by atoms with Crippen molar-refractivity contribution in [1.29, 1.82) is 0 Å². The van der Waals surface area contributed by atoms with Gasteiger partial charge in [-0.3, -0.25) is 0 Å². The van der Waals surface area contributed by atoms with Crippen LogP contribution in [0.5, 0.6) is 5.75 Å². The summed E-state index contributed by atoms with van der Waals surface area (Å²) in [5, 5.41) is 5.82. The number of nitrogens with zero attached hydrogens (tertiary/aromatic N) is 4. The molecule has 0 saturated heterocycles. The van der Waals surface area contributed by atoms with E-state index in [0.29, 0.717) is 0 Å². The van der Waals surface area contributed by atoms with Gasteiger partial charge in [0.1, 0.15) is 23.5 Å². The molecule has 0 bridgehead atoms. The second-order valence-corrected chi connectivity index (χ2v) is 7.58. The molecule has 1 aliphatic heterocycles. The van der Waals surface area contributed by atoms with Gasteiger partial charge in [-0.25, -0.2) is 14.5 Å². The maximum absolute atomic E-state index is 5.23. The molecule has 0 saturated carbocycles. The third-order valence-electron chi connectivity index (χ3n) is 4.82. The minimum Gasteiger partial charge on any atom is -0.497 e. The first-order valence-electron chi connectivity index (χ1n) is 8.34. The first kappa shape index (κ1) is 14.8. The predicted molar refractivity (Wildman–Crippen MR) is 97.3 cm³/mol. The first-order chi connectivity index (χ1) is 12.2. The van der Waals surface area contributed by atoms with Crippen LogP contribution in [0.3, 0.4) is 0 Å². The average Bonchev–Trinajstić information content (AvgIpc) is 3.21. The zero-order valence-electron chi connectivity index (χ0n) is 14.1. The number of rotatable bonds is 2. The fourth-order valence-electron chi connectivity index (χ4n) is 3.47. The van der Waals surface area contributed by atoms with Crippen LogP contribution in [0.1, 0.15) is 10.4 Å². The molecule has 25 heavy (non-hydrogen) atoms. The van der Waals surface area contributed by atoms with Gasteiger partial charge in [-0.05, 0) is 29.8 Å². The van der Waals surface area contributed by atoms with Crippen molar-refractivity contribution in [3.8, 4) is 17.1 Å². The third kappa shape index (κ3) is 2.31. The van der Waals surface area contributed by atoms with Gasteiger partial charge < -0.3 is 9.64 Å². The van der Waals surface area contributed by atoms with Gasteiger partial charge in [0.15, 0.2) is 11.5 Å². The van der Waals surface area contributed by atoms with E-state index in [0.717, 1.165) is 47.1 Å². The molecule has 7 heteroatoms. The minimum absolute atomic E-state index is 0.718. The number of hydrogen-bond acceptors (Lipinski definition) is 5. The Morgan fingerprint density at radius 2 is 2.08 bits per heavy atom. The van der Waals surface area contributed by atoms with Gasteiger partial charge in [0.25, 0.3) is 0 Å². The smallest absolute Gasteiger partial charge is 0.182 e. The van der Waals surface area contributed by atoms with Crippen molar-refractivity contribution in [2.45, 2.75) is 13.0 Å². The number of aromatic nitrogens is 4. The molecule has 0 aliphatic carbocycles. The van der Waals surface area contributed by atoms with Gasteiger partial charge in [-0.2, -0.15) is 0 Å². The van der Waals surface area contributed by atoms with E-state index in [1.165, 1.54) is 15.8 Å². The van der Waals surface area contributed by atoms with Crippen molar-refractivity contribution in [3.63, 3.8) is 0 Å². The highest BCUT2D eigenvalue weighted by atomic mass is 32.1. The SMILES string of the molecule is COc1ccc(-c2nc3c4c5c(sc4ncn3n2)C[NH+](C)CC5)cc1. The molecule has 1 aliphatic rings. The molecule has 4 heterocycles. The molecule has 0 radical (unpaired) electrons. The molecule has 3 aromatic heterocycles. The molecule has 4 aromatic rings. The number of fused-ring (bicyclic) bond motifs is 5. The van der Waals surface area contributed by atoms with E-state index in [9.17, 15) is 0 Å². The number of quaternary nitrogens is 1. The van der Waals surface area contributed by atoms with Gasteiger partial charge in [-0.1, -0.05) is 0 Å². The number of nitrogens with one attached hydrogen (secondary N) is 1. The van der Waals surface area contributed by atoms with Gasteiger partial charge in [0.05, 0.1) is 31.0 Å². The summed E-state index contributed by atoms with van der Waals surface area (Å²) in [6.07, 6.45) is 2.85. The summed E-state index contributed by atoms with van der Waals surface area (Å²) >= 11 is 1.80. The molecule has 1 atom stereocenters. The Balaban J connectivity index is 1.69. The lowest BCUT2D eigenvalue weighted by molar-refractivity contribution is -0.895. The molecule has 0 fully saturated rings. The normalized spacial score (nSPS) is 17.1. The Kier molecular flexibility index (Phi) is 3.26. The predicted octanol–water partition coefficient (Wildman–Crippen LogP) is 1.59. The summed E-state index contributed by atoms with van der Waals surface area (Å²) < 4.78 is 7.03. The van der Waals surface area contributed by atoms with Crippen LogP contribution < -0.4 is 9.64 Å². The van der Waals surface area contributed by atoms with Gasteiger partial charge in [-0.15, -0.1) is 16.4 Å². The molecule has 5 rings (SSSR count). The summed E-state index contributed by atoms with van der Waals surface area (Å²) in [5.41, 5.74) is 3.30. The average molecular weight is 352 g/mol. The van der Waals surface area contributed by atoms with Gasteiger partial charge in [0, 0.05) is 12.0 Å². The van der Waals surface area contributed by atoms with E-state index in [1.54, 1.807) is 34.2 Å². The number of thiophene rings is 1. The van der Waals surface area contributed by atoms with Crippen molar-refractivity contribution in [2.75, 3.05) is 20.7 Å². The maximum atomic E-state index is 5.23. The van der Waals surface area contributed by atoms with Crippen LogP contribution in [0.15, 0.2) is 30.6 Å². The largest absolute Gasteiger partial charge is 0.497 e. The van der Waals surface area contributed by atoms with Crippen LogP contribution in [0.2, 0.25) is 0 Å². The monoisotopic (exact) mass is 352 g/mol. The molecule has 0 spiro atoms. The van der Waals surface area contributed by atoms with E-state index in [2.05, 4.69) is 17.1 Å². The van der Waals surface area contributed by atoms with E-state index >= 15 is 0 Å². The minimum atomic E-state index is 0.718. The highest BCUT2D eigenvalue weighted by molar-refractivity contribution is 7.19. The molecule has 0 amide bonds. The lowest BCUT2D eigenvalue weighted by atomic mass is 10.1. The quantitative estimate of drug-likeness (QED) is 0.595. The molecular weight excluding hydrogens is 334 g/mol. The van der Waals surface area contributed by atoms with Crippen molar-refractivity contribution < 1.29 is 9.64 Å². The van der Waals surface area contributed by atoms with Gasteiger partial charge in [0.2, 0.25) is 0 Å². The Morgan fingerprint density at radius 3 is 2.88 bits per heavy atom. The zero-order chi connectivity index (χ0) is 17.0.